The van der Waals surface area contributed by atoms with Gasteiger partial charge >= 0.3 is 0 Å². The average molecular weight is 338 g/mol. The third kappa shape index (κ3) is 4.58. The summed E-state index contributed by atoms with van der Waals surface area (Å²) >= 11 is 0. The fourth-order valence-electron chi connectivity index (χ4n) is 1.96. The molecule has 2 aromatic rings. The number of nitrogens with one attached hydrogen (secondary N) is 2. The third-order valence-corrected chi connectivity index (χ3v) is 3.20. The quantitative estimate of drug-likeness (QED) is 0.780. The second-order valence-electron chi connectivity index (χ2n) is 4.85. The maximum Gasteiger partial charge on any atom is 0.258 e. The number of anilines is 1. The van der Waals surface area contributed by atoms with Crippen LogP contribution in [-0.2, 0) is 6.54 Å². The van der Waals surface area contributed by atoms with E-state index in [2.05, 4.69) is 10.6 Å². The molecule has 0 saturated carbocycles. The summed E-state index contributed by atoms with van der Waals surface area (Å²) in [6, 6.07) is 6.77. The van der Waals surface area contributed by atoms with E-state index in [-0.39, 0.29) is 30.8 Å². The van der Waals surface area contributed by atoms with Crippen LogP contribution in [0.4, 0.5) is 5.69 Å². The van der Waals surface area contributed by atoms with Gasteiger partial charge in [0.2, 0.25) is 0 Å². The molecule has 1 heterocycles. The van der Waals surface area contributed by atoms with Gasteiger partial charge in [-0.2, -0.15) is 0 Å². The molecule has 0 atom stereocenters. The van der Waals surface area contributed by atoms with Gasteiger partial charge in [-0.25, -0.2) is 0 Å². The van der Waals surface area contributed by atoms with Crippen LogP contribution in [0.15, 0.2) is 34.9 Å². The first-order valence-electron chi connectivity index (χ1n) is 7.02. The summed E-state index contributed by atoms with van der Waals surface area (Å²) < 4.78 is 5.15. The number of aryl methyl sites for hydroxylation is 1. The molecule has 0 saturated heterocycles. The summed E-state index contributed by atoms with van der Waals surface area (Å²) in [4.78, 5) is 24.0. The number of furan rings is 1. The zero-order valence-electron chi connectivity index (χ0n) is 13.0. The summed E-state index contributed by atoms with van der Waals surface area (Å²) in [5.41, 5.74) is 7.79. The molecule has 1 aromatic carbocycles. The van der Waals surface area contributed by atoms with E-state index in [9.17, 15) is 9.59 Å². The van der Waals surface area contributed by atoms with Gasteiger partial charge in [0.1, 0.15) is 12.0 Å². The predicted octanol–water partition coefficient (Wildman–Crippen LogP) is 2.47. The van der Waals surface area contributed by atoms with Crippen molar-refractivity contribution in [1.29, 1.82) is 0 Å². The molecular formula is C16H20ClN3O3. The van der Waals surface area contributed by atoms with Crippen molar-refractivity contribution in [3.63, 3.8) is 0 Å². The van der Waals surface area contributed by atoms with Gasteiger partial charge in [0.15, 0.2) is 0 Å². The molecule has 124 valence electrons. The van der Waals surface area contributed by atoms with Crippen molar-refractivity contribution in [1.82, 2.24) is 5.32 Å². The van der Waals surface area contributed by atoms with Crippen molar-refractivity contribution < 1.29 is 14.0 Å². The van der Waals surface area contributed by atoms with Crippen molar-refractivity contribution in [2.75, 3.05) is 11.9 Å². The third-order valence-electron chi connectivity index (χ3n) is 3.20. The van der Waals surface area contributed by atoms with Crippen molar-refractivity contribution in [3.05, 3.63) is 53.0 Å². The van der Waals surface area contributed by atoms with Gasteiger partial charge in [0.25, 0.3) is 11.8 Å². The number of amides is 2. The van der Waals surface area contributed by atoms with Gasteiger partial charge in [-0.3, -0.25) is 9.59 Å². The Morgan fingerprint density at radius 2 is 1.91 bits per heavy atom. The second-order valence-corrected chi connectivity index (χ2v) is 4.85. The van der Waals surface area contributed by atoms with E-state index in [1.165, 1.54) is 6.26 Å². The monoisotopic (exact) mass is 337 g/mol. The van der Waals surface area contributed by atoms with Crippen LogP contribution in [0.25, 0.3) is 0 Å². The topological polar surface area (TPSA) is 97.4 Å². The maximum absolute atomic E-state index is 12.2. The predicted molar refractivity (Wildman–Crippen MR) is 91.0 cm³/mol. The Balaban J connectivity index is 0.00000264. The van der Waals surface area contributed by atoms with Crippen LogP contribution in [0.3, 0.4) is 0 Å². The molecule has 0 bridgehead atoms. The summed E-state index contributed by atoms with van der Waals surface area (Å²) in [7, 11) is 0. The summed E-state index contributed by atoms with van der Waals surface area (Å²) in [5, 5.41) is 5.51. The van der Waals surface area contributed by atoms with Crippen LogP contribution in [0, 0.1) is 6.92 Å². The fraction of sp³-hybridized carbons (Fsp3) is 0.250. The Kier molecular flexibility index (Phi) is 6.81. The van der Waals surface area contributed by atoms with Crippen LogP contribution in [0.1, 0.15) is 39.0 Å². The first kappa shape index (κ1) is 18.7. The van der Waals surface area contributed by atoms with Crippen molar-refractivity contribution in [2.24, 2.45) is 5.73 Å². The van der Waals surface area contributed by atoms with E-state index >= 15 is 0 Å². The second kappa shape index (κ2) is 8.36. The van der Waals surface area contributed by atoms with Gasteiger partial charge in [-0.15, -0.1) is 12.4 Å². The molecule has 7 heteroatoms. The number of carbonyl (C=O) groups is 2. The van der Waals surface area contributed by atoms with E-state index < -0.39 is 0 Å². The average Bonchev–Trinajstić information content (AvgIpc) is 2.98. The fourth-order valence-corrected chi connectivity index (χ4v) is 1.96. The van der Waals surface area contributed by atoms with Crippen molar-refractivity contribution in [2.45, 2.75) is 20.4 Å². The summed E-state index contributed by atoms with van der Waals surface area (Å²) in [6.07, 6.45) is 1.36. The van der Waals surface area contributed by atoms with Crippen LogP contribution in [0.2, 0.25) is 0 Å². The molecule has 0 unspecified atom stereocenters. The molecule has 4 N–H and O–H groups in total. The molecule has 2 amide bonds. The van der Waals surface area contributed by atoms with E-state index in [1.807, 2.05) is 13.8 Å². The van der Waals surface area contributed by atoms with Crippen molar-refractivity contribution in [3.8, 4) is 0 Å². The van der Waals surface area contributed by atoms with Gasteiger partial charge < -0.3 is 20.8 Å². The molecular weight excluding hydrogens is 318 g/mol. The lowest BCUT2D eigenvalue weighted by atomic mass is 10.1. The smallest absolute Gasteiger partial charge is 0.258 e. The Morgan fingerprint density at radius 1 is 1.17 bits per heavy atom. The lowest BCUT2D eigenvalue weighted by molar-refractivity contribution is 0.0954. The molecule has 0 aliphatic carbocycles. The van der Waals surface area contributed by atoms with Gasteiger partial charge in [-0.1, -0.05) is 6.07 Å². The first-order chi connectivity index (χ1) is 10.5. The van der Waals surface area contributed by atoms with Gasteiger partial charge in [0, 0.05) is 17.8 Å². The van der Waals surface area contributed by atoms with Gasteiger partial charge in [-0.05, 0) is 37.6 Å². The molecule has 2 rings (SSSR count). The number of hydrogen-bond acceptors (Lipinski definition) is 4. The number of benzene rings is 1. The molecule has 1 aromatic heterocycles. The Hall–Kier alpha value is -2.31. The van der Waals surface area contributed by atoms with Gasteiger partial charge in [0.05, 0.1) is 12.1 Å². The SMILES string of the molecule is CCNC(=O)c1ccc(C)c(NC(=O)c2coc(CN)c2)c1.Cl. The molecule has 0 fully saturated rings. The molecule has 0 aliphatic heterocycles. The molecule has 0 spiro atoms. The van der Waals surface area contributed by atoms with Crippen LogP contribution in [0.5, 0.6) is 0 Å². The van der Waals surface area contributed by atoms with E-state index in [0.717, 1.165) is 5.56 Å². The number of carbonyl (C=O) groups excluding carboxylic acids is 2. The summed E-state index contributed by atoms with van der Waals surface area (Å²) in [6.45, 7) is 4.49. The van der Waals surface area contributed by atoms with Crippen LogP contribution < -0.4 is 16.4 Å². The molecule has 23 heavy (non-hydrogen) atoms. The number of rotatable bonds is 5. The van der Waals surface area contributed by atoms with E-state index in [0.29, 0.717) is 29.1 Å². The maximum atomic E-state index is 12.2. The highest BCUT2D eigenvalue weighted by Gasteiger charge is 2.13. The van der Waals surface area contributed by atoms with Crippen LogP contribution in [-0.4, -0.2) is 18.4 Å². The highest BCUT2D eigenvalue weighted by atomic mass is 35.5. The minimum absolute atomic E-state index is 0. The Morgan fingerprint density at radius 3 is 2.52 bits per heavy atom. The first-order valence-corrected chi connectivity index (χ1v) is 7.02. The minimum atomic E-state index is -0.306. The number of hydrogen-bond donors (Lipinski definition) is 3. The van der Waals surface area contributed by atoms with Crippen molar-refractivity contribution >= 4 is 29.9 Å². The standard InChI is InChI=1S/C16H19N3O3.ClH/c1-3-18-15(20)11-5-4-10(2)14(7-11)19-16(21)12-6-13(8-17)22-9-12;/h4-7,9H,3,8,17H2,1-2H3,(H,18,20)(H,19,21);1H. The highest BCUT2D eigenvalue weighted by Crippen LogP contribution is 2.18. The minimum Gasteiger partial charge on any atom is -0.467 e. The number of nitrogens with two attached hydrogens (primary N) is 1. The highest BCUT2D eigenvalue weighted by molar-refractivity contribution is 6.05. The summed E-state index contributed by atoms with van der Waals surface area (Å²) in [5.74, 6) is 0.0595. The zero-order valence-corrected chi connectivity index (χ0v) is 13.8. The Bertz CT molecular complexity index is 698. The van der Waals surface area contributed by atoms with E-state index in [4.69, 9.17) is 10.2 Å². The molecule has 0 aliphatic rings. The zero-order chi connectivity index (χ0) is 16.1. The van der Waals surface area contributed by atoms with Crippen LogP contribution >= 0.6 is 12.4 Å². The lowest BCUT2D eigenvalue weighted by Crippen LogP contribution is -2.23. The normalized spacial score (nSPS) is 9.87. The number of halogens is 1. The largest absolute Gasteiger partial charge is 0.467 e. The Labute approximate surface area is 140 Å². The molecule has 0 radical (unpaired) electrons. The molecule has 6 nitrogen and oxygen atoms in total. The lowest BCUT2D eigenvalue weighted by Gasteiger charge is -2.10. The van der Waals surface area contributed by atoms with E-state index in [1.54, 1.807) is 24.3 Å².